The van der Waals surface area contributed by atoms with E-state index in [1.807, 2.05) is 0 Å². The molecule has 2 aliphatic heterocycles. The highest BCUT2D eigenvalue weighted by Gasteiger charge is 2.50. The maximum atomic E-state index is 11.1. The Morgan fingerprint density at radius 3 is 2.04 bits per heavy atom. The first-order valence-corrected chi connectivity index (χ1v) is 8.06. The zero-order chi connectivity index (χ0) is 19.6. The molecule has 0 aromatic carbocycles. The van der Waals surface area contributed by atoms with Crippen molar-refractivity contribution in [1.29, 1.82) is 0 Å². The molecule has 0 spiro atoms. The zero-order valence-electron chi connectivity index (χ0n) is 14.0. The summed E-state index contributed by atoms with van der Waals surface area (Å²) in [6.07, 6.45) is -15.0. The lowest BCUT2D eigenvalue weighted by atomic mass is 9.96. The van der Waals surface area contributed by atoms with Gasteiger partial charge in [-0.15, -0.1) is 0 Å². The van der Waals surface area contributed by atoms with Crippen LogP contribution in [0.3, 0.4) is 0 Å². The molecule has 0 unspecified atom stereocenters. The summed E-state index contributed by atoms with van der Waals surface area (Å²) in [5.41, 5.74) is 0. The normalized spacial score (nSPS) is 46.8. The zero-order valence-corrected chi connectivity index (χ0v) is 14.0. The van der Waals surface area contributed by atoms with Crippen LogP contribution in [0.25, 0.3) is 0 Å². The standard InChI is InChI=1S/C14H25NO11/c1-4(18)15-13-10(22)9(21)12(6(3-17)24-13)26-14-11(23)8(20)7(19)5(2-16)25-14/h5-14,16-17,19-23H,2-3H2,1H3,(H,15,18)/t5-,6-,7-,8+,9-,10-,11-,12-,13-,14-/m1/s1. The lowest BCUT2D eigenvalue weighted by molar-refractivity contribution is -0.343. The van der Waals surface area contributed by atoms with Crippen LogP contribution in [-0.4, -0.2) is 116 Å². The van der Waals surface area contributed by atoms with Crippen molar-refractivity contribution in [2.75, 3.05) is 13.2 Å². The van der Waals surface area contributed by atoms with Gasteiger partial charge in [0.2, 0.25) is 5.91 Å². The van der Waals surface area contributed by atoms with Crippen LogP contribution in [0, 0.1) is 0 Å². The van der Waals surface area contributed by atoms with Gasteiger partial charge < -0.3 is 55.3 Å². The number of hydrogen-bond donors (Lipinski definition) is 8. The number of amides is 1. The summed E-state index contributed by atoms with van der Waals surface area (Å²) in [5, 5.41) is 70.7. The van der Waals surface area contributed by atoms with Crippen LogP contribution in [0.5, 0.6) is 0 Å². The van der Waals surface area contributed by atoms with Gasteiger partial charge in [-0.2, -0.15) is 0 Å². The smallest absolute Gasteiger partial charge is 0.218 e. The number of aliphatic hydroxyl groups is 7. The van der Waals surface area contributed by atoms with Crippen molar-refractivity contribution in [3.8, 4) is 0 Å². The molecule has 8 N–H and O–H groups in total. The Morgan fingerprint density at radius 2 is 1.50 bits per heavy atom. The van der Waals surface area contributed by atoms with Gasteiger partial charge in [-0.05, 0) is 0 Å². The highest BCUT2D eigenvalue weighted by molar-refractivity contribution is 5.73. The minimum Gasteiger partial charge on any atom is -0.394 e. The van der Waals surface area contributed by atoms with Crippen LogP contribution in [0.1, 0.15) is 6.92 Å². The third-order valence-electron chi connectivity index (χ3n) is 4.35. The molecule has 152 valence electrons. The molecule has 0 radical (unpaired) electrons. The maximum Gasteiger partial charge on any atom is 0.218 e. The van der Waals surface area contributed by atoms with Gasteiger partial charge in [0, 0.05) is 6.92 Å². The van der Waals surface area contributed by atoms with E-state index >= 15 is 0 Å². The summed E-state index contributed by atoms with van der Waals surface area (Å²) in [7, 11) is 0. The monoisotopic (exact) mass is 383 g/mol. The molecule has 2 aliphatic rings. The lowest BCUT2D eigenvalue weighted by Crippen LogP contribution is -2.66. The van der Waals surface area contributed by atoms with Gasteiger partial charge in [-0.25, -0.2) is 0 Å². The lowest BCUT2D eigenvalue weighted by Gasteiger charge is -2.46. The largest absolute Gasteiger partial charge is 0.394 e. The second kappa shape index (κ2) is 8.84. The second-order valence-corrected chi connectivity index (χ2v) is 6.26. The van der Waals surface area contributed by atoms with Crippen LogP contribution in [0.4, 0.5) is 0 Å². The van der Waals surface area contributed by atoms with Gasteiger partial charge >= 0.3 is 0 Å². The SMILES string of the molecule is CC(=O)N[C@@H]1O[C@H](CO)[C@@H](O[C@H]2O[C@H](CO)[C@@H](O)[C@H](O)[C@H]2O)[C@H](O)[C@H]1O. The van der Waals surface area contributed by atoms with Crippen LogP contribution < -0.4 is 5.32 Å². The number of rotatable bonds is 5. The molecule has 0 aromatic heterocycles. The van der Waals surface area contributed by atoms with Crippen LogP contribution in [0.2, 0.25) is 0 Å². The molecular formula is C14H25NO11. The van der Waals surface area contributed by atoms with Crippen molar-refractivity contribution >= 4 is 5.91 Å². The molecule has 2 rings (SSSR count). The van der Waals surface area contributed by atoms with Crippen molar-refractivity contribution in [2.45, 2.75) is 68.3 Å². The Kier molecular flexibility index (Phi) is 7.27. The molecule has 12 heteroatoms. The van der Waals surface area contributed by atoms with Crippen LogP contribution >= 0.6 is 0 Å². The quantitative estimate of drug-likeness (QED) is 0.226. The number of aliphatic hydroxyl groups excluding tert-OH is 7. The van der Waals surface area contributed by atoms with Gasteiger partial charge in [0.25, 0.3) is 0 Å². The third-order valence-corrected chi connectivity index (χ3v) is 4.35. The first-order valence-electron chi connectivity index (χ1n) is 8.06. The van der Waals surface area contributed by atoms with Crippen molar-refractivity contribution in [3.05, 3.63) is 0 Å². The molecule has 2 saturated heterocycles. The summed E-state index contributed by atoms with van der Waals surface area (Å²) in [5.74, 6) is -0.536. The van der Waals surface area contributed by atoms with Crippen LogP contribution in [0.15, 0.2) is 0 Å². The Labute approximate surface area is 148 Å². The van der Waals surface area contributed by atoms with E-state index in [1.165, 1.54) is 6.92 Å². The highest BCUT2D eigenvalue weighted by Crippen LogP contribution is 2.28. The van der Waals surface area contributed by atoms with Crippen molar-refractivity contribution in [1.82, 2.24) is 5.32 Å². The van der Waals surface area contributed by atoms with Gasteiger partial charge in [-0.1, -0.05) is 0 Å². The van der Waals surface area contributed by atoms with E-state index in [0.717, 1.165) is 0 Å². The Bertz CT molecular complexity index is 476. The maximum absolute atomic E-state index is 11.1. The average molecular weight is 383 g/mol. The minimum absolute atomic E-state index is 0.536. The molecule has 0 aromatic rings. The van der Waals surface area contributed by atoms with Crippen molar-refractivity contribution < 1.29 is 54.8 Å². The van der Waals surface area contributed by atoms with E-state index in [9.17, 15) is 40.5 Å². The van der Waals surface area contributed by atoms with Gasteiger partial charge in [0.15, 0.2) is 12.5 Å². The Morgan fingerprint density at radius 1 is 0.885 bits per heavy atom. The summed E-state index contributed by atoms with van der Waals surface area (Å²) >= 11 is 0. The fraction of sp³-hybridized carbons (Fsp3) is 0.929. The van der Waals surface area contributed by atoms with Gasteiger partial charge in [-0.3, -0.25) is 4.79 Å². The predicted molar refractivity (Wildman–Crippen MR) is 80.2 cm³/mol. The third kappa shape index (κ3) is 4.31. The highest BCUT2D eigenvalue weighted by atomic mass is 16.7. The predicted octanol–water partition coefficient (Wildman–Crippen LogP) is -5.25. The van der Waals surface area contributed by atoms with Gasteiger partial charge in [0.05, 0.1) is 13.2 Å². The molecule has 0 aliphatic carbocycles. The van der Waals surface area contributed by atoms with Gasteiger partial charge in [0.1, 0.15) is 48.8 Å². The molecule has 12 nitrogen and oxygen atoms in total. The first kappa shape index (κ1) is 21.4. The molecular weight excluding hydrogens is 358 g/mol. The van der Waals surface area contributed by atoms with E-state index in [1.54, 1.807) is 0 Å². The summed E-state index contributed by atoms with van der Waals surface area (Å²) in [4.78, 5) is 11.1. The molecule has 26 heavy (non-hydrogen) atoms. The summed E-state index contributed by atoms with van der Waals surface area (Å²) in [6, 6.07) is 0. The summed E-state index contributed by atoms with van der Waals surface area (Å²) in [6.45, 7) is -0.167. The number of carbonyl (C=O) groups is 1. The van der Waals surface area contributed by atoms with E-state index in [0.29, 0.717) is 0 Å². The number of ether oxygens (including phenoxy) is 3. The fourth-order valence-electron chi connectivity index (χ4n) is 2.91. The molecule has 2 fully saturated rings. The molecule has 2 heterocycles. The number of hydrogen-bond acceptors (Lipinski definition) is 11. The Hall–Kier alpha value is -0.930. The van der Waals surface area contributed by atoms with E-state index in [-0.39, 0.29) is 0 Å². The summed E-state index contributed by atoms with van der Waals surface area (Å²) < 4.78 is 15.8. The van der Waals surface area contributed by atoms with E-state index < -0.39 is 80.5 Å². The number of nitrogens with one attached hydrogen (secondary N) is 1. The Balaban J connectivity index is 2.12. The van der Waals surface area contributed by atoms with Crippen molar-refractivity contribution in [2.24, 2.45) is 0 Å². The molecule has 0 bridgehead atoms. The fourth-order valence-corrected chi connectivity index (χ4v) is 2.91. The molecule has 0 saturated carbocycles. The van der Waals surface area contributed by atoms with E-state index in [4.69, 9.17) is 14.2 Å². The minimum atomic E-state index is -1.73. The molecule has 1 amide bonds. The number of carbonyl (C=O) groups excluding carboxylic acids is 1. The van der Waals surface area contributed by atoms with E-state index in [2.05, 4.69) is 5.32 Å². The first-order chi connectivity index (χ1) is 12.2. The van der Waals surface area contributed by atoms with Crippen LogP contribution in [-0.2, 0) is 19.0 Å². The topological polar surface area (TPSA) is 198 Å². The second-order valence-electron chi connectivity index (χ2n) is 6.26. The average Bonchev–Trinajstić information content (AvgIpc) is 2.60. The van der Waals surface area contributed by atoms with Crippen molar-refractivity contribution in [3.63, 3.8) is 0 Å². The molecule has 10 atom stereocenters.